The van der Waals surface area contributed by atoms with Crippen LogP contribution in [0.5, 0.6) is 5.75 Å². The molecule has 4 N–H and O–H groups in total. The van der Waals surface area contributed by atoms with Crippen LogP contribution >= 0.6 is 0 Å². The summed E-state index contributed by atoms with van der Waals surface area (Å²) in [5.74, 6) is 0.709. The van der Waals surface area contributed by atoms with Gasteiger partial charge in [-0.05, 0) is 34.5 Å². The molecule has 0 amide bonds. The van der Waals surface area contributed by atoms with Crippen molar-refractivity contribution in [2.75, 3.05) is 7.11 Å². The van der Waals surface area contributed by atoms with Crippen LogP contribution in [-0.2, 0) is 6.54 Å². The summed E-state index contributed by atoms with van der Waals surface area (Å²) in [6.07, 6.45) is 3.71. The second-order valence-corrected chi connectivity index (χ2v) is 6.50. The molecule has 0 radical (unpaired) electrons. The van der Waals surface area contributed by atoms with Crippen LogP contribution in [0.2, 0.25) is 0 Å². The van der Waals surface area contributed by atoms with E-state index in [0.29, 0.717) is 0 Å². The maximum Gasteiger partial charge on any atom is 0.211 e. The lowest BCUT2D eigenvalue weighted by Crippen LogP contribution is -2.21. The first-order chi connectivity index (χ1) is 13.7. The molecule has 28 heavy (non-hydrogen) atoms. The van der Waals surface area contributed by atoms with Crippen LogP contribution < -0.4 is 16.2 Å². The maximum absolute atomic E-state index is 5.38. The van der Waals surface area contributed by atoms with Crippen molar-refractivity contribution in [1.29, 1.82) is 0 Å². The maximum atomic E-state index is 5.38. The number of guanidine groups is 1. The molecule has 6 nitrogen and oxygen atoms in total. The van der Waals surface area contributed by atoms with Crippen molar-refractivity contribution >= 4 is 33.8 Å². The number of aromatic nitrogens is 1. The molecule has 0 fully saturated rings. The molecule has 0 spiro atoms. The van der Waals surface area contributed by atoms with Gasteiger partial charge in [0, 0.05) is 29.2 Å². The third kappa shape index (κ3) is 3.40. The molecule has 140 valence electrons. The molecule has 0 aliphatic heterocycles. The highest BCUT2D eigenvalue weighted by Crippen LogP contribution is 2.27. The lowest BCUT2D eigenvalue weighted by molar-refractivity contribution is 0.415. The van der Waals surface area contributed by atoms with Gasteiger partial charge in [-0.2, -0.15) is 5.10 Å². The molecular formula is C22H21N5O. The van der Waals surface area contributed by atoms with E-state index in [-0.39, 0.29) is 5.96 Å². The summed E-state index contributed by atoms with van der Waals surface area (Å²) in [6.45, 7) is 0.736. The molecule has 0 unspecified atom stereocenters. The Morgan fingerprint density at radius 3 is 2.68 bits per heavy atom. The number of benzene rings is 3. The Kier molecular flexibility index (Phi) is 4.68. The van der Waals surface area contributed by atoms with E-state index in [4.69, 9.17) is 16.2 Å². The summed E-state index contributed by atoms with van der Waals surface area (Å²) in [4.78, 5) is 0. The number of nitrogens with zero attached hydrogens (tertiary/aromatic N) is 3. The van der Waals surface area contributed by atoms with Crippen molar-refractivity contribution in [2.24, 2.45) is 21.7 Å². The zero-order valence-electron chi connectivity index (χ0n) is 15.5. The number of rotatable bonds is 5. The van der Waals surface area contributed by atoms with Gasteiger partial charge in [0.1, 0.15) is 5.75 Å². The van der Waals surface area contributed by atoms with E-state index in [1.807, 2.05) is 12.1 Å². The van der Waals surface area contributed by atoms with Crippen LogP contribution in [0.15, 0.2) is 77.1 Å². The summed E-state index contributed by atoms with van der Waals surface area (Å²) in [5, 5.41) is 11.2. The van der Waals surface area contributed by atoms with Gasteiger partial charge in [-0.1, -0.05) is 42.5 Å². The molecule has 4 aromatic rings. The van der Waals surface area contributed by atoms with Crippen LogP contribution in [-0.4, -0.2) is 23.9 Å². The Balaban J connectivity index is 1.82. The third-order valence-corrected chi connectivity index (χ3v) is 4.71. The third-order valence-electron chi connectivity index (χ3n) is 4.71. The molecule has 0 saturated carbocycles. The second kappa shape index (κ2) is 7.44. The fourth-order valence-corrected chi connectivity index (χ4v) is 3.44. The Morgan fingerprint density at radius 1 is 1.04 bits per heavy atom. The van der Waals surface area contributed by atoms with E-state index in [0.717, 1.165) is 28.8 Å². The van der Waals surface area contributed by atoms with Gasteiger partial charge in [0.25, 0.3) is 0 Å². The second-order valence-electron chi connectivity index (χ2n) is 6.50. The van der Waals surface area contributed by atoms with Crippen molar-refractivity contribution in [3.05, 3.63) is 78.0 Å². The van der Waals surface area contributed by atoms with E-state index >= 15 is 0 Å². The van der Waals surface area contributed by atoms with Crippen LogP contribution in [0.25, 0.3) is 21.7 Å². The monoisotopic (exact) mass is 371 g/mol. The van der Waals surface area contributed by atoms with E-state index < -0.39 is 0 Å². The minimum Gasteiger partial charge on any atom is -0.497 e. The van der Waals surface area contributed by atoms with E-state index in [2.05, 4.69) is 69.5 Å². The smallest absolute Gasteiger partial charge is 0.211 e. The van der Waals surface area contributed by atoms with Gasteiger partial charge >= 0.3 is 0 Å². The van der Waals surface area contributed by atoms with Crippen molar-refractivity contribution in [3.63, 3.8) is 0 Å². The molecule has 0 aliphatic carbocycles. The molecule has 0 bridgehead atoms. The zero-order valence-corrected chi connectivity index (χ0v) is 15.5. The highest BCUT2D eigenvalue weighted by molar-refractivity contribution is 6.00. The lowest BCUT2D eigenvalue weighted by atomic mass is 10.0. The molecule has 0 aliphatic rings. The minimum absolute atomic E-state index is 0.0756. The first-order valence-electron chi connectivity index (χ1n) is 8.91. The molecule has 0 saturated heterocycles. The van der Waals surface area contributed by atoms with Gasteiger partial charge in [0.15, 0.2) is 0 Å². The van der Waals surface area contributed by atoms with Gasteiger partial charge in [-0.25, -0.2) is 0 Å². The number of methoxy groups -OCH3 is 1. The van der Waals surface area contributed by atoms with Gasteiger partial charge in [-0.3, -0.25) is 0 Å². The van der Waals surface area contributed by atoms with Gasteiger partial charge in [-0.15, -0.1) is 5.10 Å². The molecule has 4 rings (SSSR count). The normalized spacial score (nSPS) is 11.3. The summed E-state index contributed by atoms with van der Waals surface area (Å²) >= 11 is 0. The number of ether oxygens (including phenoxy) is 1. The van der Waals surface area contributed by atoms with Crippen molar-refractivity contribution in [2.45, 2.75) is 6.54 Å². The molecule has 0 atom stereocenters. The molecule has 1 aromatic heterocycles. The van der Waals surface area contributed by atoms with Crippen LogP contribution in [0.1, 0.15) is 11.1 Å². The Labute approximate surface area is 162 Å². The predicted octanol–water partition coefficient (Wildman–Crippen LogP) is 3.46. The number of hydrogen-bond donors (Lipinski definition) is 2. The lowest BCUT2D eigenvalue weighted by Gasteiger charge is -2.09. The summed E-state index contributed by atoms with van der Waals surface area (Å²) < 4.78 is 7.59. The summed E-state index contributed by atoms with van der Waals surface area (Å²) in [5.41, 5.74) is 14.0. The van der Waals surface area contributed by atoms with Crippen LogP contribution in [0.3, 0.4) is 0 Å². The average Bonchev–Trinajstić information content (AvgIpc) is 3.05. The Bertz CT molecular complexity index is 1200. The van der Waals surface area contributed by atoms with Gasteiger partial charge in [0.2, 0.25) is 5.96 Å². The molecule has 3 aromatic carbocycles. The van der Waals surface area contributed by atoms with E-state index in [1.165, 1.54) is 16.3 Å². The quantitative estimate of drug-likeness (QED) is 0.320. The number of hydrogen-bond acceptors (Lipinski definition) is 3. The zero-order chi connectivity index (χ0) is 19.5. The number of fused-ring (bicyclic) bond motifs is 2. The van der Waals surface area contributed by atoms with E-state index in [9.17, 15) is 0 Å². The number of nitrogens with two attached hydrogens (primary N) is 2. The fourth-order valence-electron chi connectivity index (χ4n) is 3.44. The van der Waals surface area contributed by atoms with Crippen molar-refractivity contribution in [3.8, 4) is 5.75 Å². The Morgan fingerprint density at radius 2 is 1.86 bits per heavy atom. The van der Waals surface area contributed by atoms with Crippen LogP contribution in [0, 0.1) is 0 Å². The Hall–Kier alpha value is -3.80. The topological polar surface area (TPSA) is 90.9 Å². The van der Waals surface area contributed by atoms with Gasteiger partial charge in [0.05, 0.1) is 13.3 Å². The first kappa shape index (κ1) is 17.6. The predicted molar refractivity (Wildman–Crippen MR) is 115 cm³/mol. The standard InChI is InChI=1S/C22H21N5O/c1-28-18-9-10-21-20(11-18)17(12-25-26-22(23)24)14-27(21)13-16-7-4-6-15-5-2-3-8-19(15)16/h2-12,14H,13H2,1H3,(H4,23,24,26)/b25-12+. The van der Waals surface area contributed by atoms with Crippen LogP contribution in [0.4, 0.5) is 0 Å². The molecular weight excluding hydrogens is 350 g/mol. The average molecular weight is 371 g/mol. The van der Waals surface area contributed by atoms with Crippen molar-refractivity contribution < 1.29 is 4.74 Å². The highest BCUT2D eigenvalue weighted by atomic mass is 16.5. The first-order valence-corrected chi connectivity index (χ1v) is 8.91. The molecule has 1 heterocycles. The highest BCUT2D eigenvalue weighted by Gasteiger charge is 2.10. The minimum atomic E-state index is -0.0756. The SMILES string of the molecule is COc1ccc2c(c1)c(/C=N/N=C(N)N)cn2Cc1cccc2ccccc12. The van der Waals surface area contributed by atoms with Crippen molar-refractivity contribution in [1.82, 2.24) is 4.57 Å². The largest absolute Gasteiger partial charge is 0.497 e. The summed E-state index contributed by atoms with van der Waals surface area (Å²) in [6, 6.07) is 20.8. The van der Waals surface area contributed by atoms with Gasteiger partial charge < -0.3 is 20.8 Å². The molecule has 6 heteroatoms. The van der Waals surface area contributed by atoms with E-state index in [1.54, 1.807) is 13.3 Å². The summed E-state index contributed by atoms with van der Waals surface area (Å²) in [7, 11) is 1.65. The fraction of sp³-hybridized carbons (Fsp3) is 0.0909.